The monoisotopic (exact) mass is 157 g/mol. The molecule has 2 heterocycles. The Morgan fingerprint density at radius 1 is 1.45 bits per heavy atom. The summed E-state index contributed by atoms with van der Waals surface area (Å²) in [5.74, 6) is 0.468. The Morgan fingerprint density at radius 2 is 2.36 bits per heavy atom. The molecule has 2 aliphatic heterocycles. The second kappa shape index (κ2) is 3.09. The zero-order valence-corrected chi connectivity index (χ0v) is 6.70. The molecule has 0 saturated carbocycles. The molecule has 0 bridgehead atoms. The number of nitrogens with zero attached hydrogens (tertiary/aromatic N) is 1. The Bertz CT molecular complexity index is 134. The normalized spacial score (nSPS) is 39.0. The van der Waals surface area contributed by atoms with Crippen LogP contribution < -0.4 is 0 Å². The van der Waals surface area contributed by atoms with Gasteiger partial charge in [0.1, 0.15) is 0 Å². The summed E-state index contributed by atoms with van der Waals surface area (Å²) in [6.07, 6.45) is 1.14. The van der Waals surface area contributed by atoms with E-state index in [1.165, 1.54) is 0 Å². The van der Waals surface area contributed by atoms with Gasteiger partial charge in [-0.25, -0.2) is 0 Å². The van der Waals surface area contributed by atoms with Crippen LogP contribution in [0.3, 0.4) is 0 Å². The number of hydrogen-bond acceptors (Lipinski definition) is 3. The molecular formula is C8H15NO2. The average Bonchev–Trinajstić information content (AvgIpc) is 2.47. The lowest BCUT2D eigenvalue weighted by atomic mass is 10.0. The summed E-state index contributed by atoms with van der Waals surface area (Å²) < 4.78 is 5.36. The molecule has 0 aromatic heterocycles. The number of morpholine rings is 1. The van der Waals surface area contributed by atoms with Crippen molar-refractivity contribution < 1.29 is 9.84 Å². The summed E-state index contributed by atoms with van der Waals surface area (Å²) in [4.78, 5) is 2.43. The van der Waals surface area contributed by atoms with E-state index < -0.39 is 0 Å². The van der Waals surface area contributed by atoms with Gasteiger partial charge in [-0.15, -0.1) is 0 Å². The number of rotatable bonds is 1. The average molecular weight is 157 g/mol. The summed E-state index contributed by atoms with van der Waals surface area (Å²) >= 11 is 0. The van der Waals surface area contributed by atoms with Gasteiger partial charge in [-0.2, -0.15) is 0 Å². The van der Waals surface area contributed by atoms with Crippen LogP contribution in [0.5, 0.6) is 0 Å². The van der Waals surface area contributed by atoms with Crippen molar-refractivity contribution in [1.29, 1.82) is 0 Å². The first kappa shape index (κ1) is 7.53. The van der Waals surface area contributed by atoms with Gasteiger partial charge in [0, 0.05) is 25.1 Å². The summed E-state index contributed by atoms with van der Waals surface area (Å²) in [6, 6.07) is 0.508. The fraction of sp³-hybridized carbons (Fsp3) is 1.00. The van der Waals surface area contributed by atoms with Crippen molar-refractivity contribution in [2.24, 2.45) is 5.92 Å². The van der Waals surface area contributed by atoms with Gasteiger partial charge in [0.05, 0.1) is 13.2 Å². The Balaban J connectivity index is 1.98. The molecule has 64 valence electrons. The fourth-order valence-corrected chi connectivity index (χ4v) is 2.11. The van der Waals surface area contributed by atoms with Gasteiger partial charge in [0.2, 0.25) is 0 Å². The van der Waals surface area contributed by atoms with E-state index in [0.29, 0.717) is 18.6 Å². The molecule has 1 unspecified atom stereocenters. The van der Waals surface area contributed by atoms with E-state index in [4.69, 9.17) is 9.84 Å². The van der Waals surface area contributed by atoms with Crippen LogP contribution in [-0.4, -0.2) is 49.0 Å². The van der Waals surface area contributed by atoms with Gasteiger partial charge >= 0.3 is 0 Å². The third-order valence-electron chi connectivity index (χ3n) is 2.85. The van der Waals surface area contributed by atoms with Crippen molar-refractivity contribution in [2.75, 3.05) is 32.9 Å². The number of fused-ring (bicyclic) bond motifs is 1. The smallest absolute Gasteiger partial charge is 0.0626 e. The van der Waals surface area contributed by atoms with Gasteiger partial charge in [0.25, 0.3) is 0 Å². The molecule has 0 aliphatic carbocycles. The van der Waals surface area contributed by atoms with Crippen LogP contribution in [-0.2, 0) is 4.74 Å². The first-order valence-corrected chi connectivity index (χ1v) is 4.34. The number of ether oxygens (including phenoxy) is 1. The zero-order chi connectivity index (χ0) is 7.68. The minimum atomic E-state index is 0.324. The van der Waals surface area contributed by atoms with Crippen molar-refractivity contribution in [3.63, 3.8) is 0 Å². The minimum absolute atomic E-state index is 0.324. The summed E-state index contributed by atoms with van der Waals surface area (Å²) in [5.41, 5.74) is 0. The van der Waals surface area contributed by atoms with Crippen molar-refractivity contribution >= 4 is 0 Å². The predicted octanol–water partition coefficient (Wildman–Crippen LogP) is -0.301. The van der Waals surface area contributed by atoms with E-state index in [-0.39, 0.29) is 0 Å². The molecule has 0 spiro atoms. The summed E-state index contributed by atoms with van der Waals surface area (Å²) in [5, 5.41) is 9.02. The summed E-state index contributed by atoms with van der Waals surface area (Å²) in [6.45, 7) is 4.23. The van der Waals surface area contributed by atoms with Gasteiger partial charge in [-0.05, 0) is 13.0 Å². The molecule has 2 fully saturated rings. The van der Waals surface area contributed by atoms with E-state index in [9.17, 15) is 0 Å². The molecule has 3 nitrogen and oxygen atoms in total. The highest BCUT2D eigenvalue weighted by atomic mass is 16.5. The summed E-state index contributed by atoms with van der Waals surface area (Å²) in [7, 11) is 0. The molecule has 2 aliphatic rings. The van der Waals surface area contributed by atoms with E-state index >= 15 is 0 Å². The van der Waals surface area contributed by atoms with E-state index in [0.717, 1.165) is 32.7 Å². The molecule has 2 saturated heterocycles. The van der Waals surface area contributed by atoms with Crippen molar-refractivity contribution in [2.45, 2.75) is 12.5 Å². The molecule has 3 heteroatoms. The topological polar surface area (TPSA) is 32.7 Å². The second-order valence-electron chi connectivity index (χ2n) is 3.41. The van der Waals surface area contributed by atoms with Crippen molar-refractivity contribution in [3.8, 4) is 0 Å². The fourth-order valence-electron chi connectivity index (χ4n) is 2.11. The molecule has 2 rings (SSSR count). The maximum atomic E-state index is 9.02. The van der Waals surface area contributed by atoms with E-state index in [2.05, 4.69) is 4.90 Å². The first-order valence-electron chi connectivity index (χ1n) is 4.34. The molecule has 1 N–H and O–H groups in total. The van der Waals surface area contributed by atoms with Crippen LogP contribution in [0, 0.1) is 5.92 Å². The van der Waals surface area contributed by atoms with Crippen LogP contribution in [0.4, 0.5) is 0 Å². The number of aliphatic hydroxyl groups excluding tert-OH is 1. The quantitative estimate of drug-likeness (QED) is 0.567. The van der Waals surface area contributed by atoms with Crippen LogP contribution >= 0.6 is 0 Å². The van der Waals surface area contributed by atoms with Gasteiger partial charge in [-0.1, -0.05) is 0 Å². The highest BCUT2D eigenvalue weighted by molar-refractivity contribution is 4.88. The van der Waals surface area contributed by atoms with Gasteiger partial charge < -0.3 is 9.84 Å². The molecule has 0 aromatic rings. The van der Waals surface area contributed by atoms with Gasteiger partial charge in [-0.3, -0.25) is 4.90 Å². The minimum Gasteiger partial charge on any atom is -0.396 e. The van der Waals surface area contributed by atoms with E-state index in [1.807, 2.05) is 0 Å². The van der Waals surface area contributed by atoms with Crippen LogP contribution in [0.15, 0.2) is 0 Å². The van der Waals surface area contributed by atoms with Crippen LogP contribution in [0.25, 0.3) is 0 Å². The number of aliphatic hydroxyl groups is 1. The lowest BCUT2D eigenvalue weighted by Gasteiger charge is -2.31. The number of hydrogen-bond donors (Lipinski definition) is 1. The zero-order valence-electron chi connectivity index (χ0n) is 6.70. The highest BCUT2D eigenvalue weighted by Gasteiger charge is 2.35. The highest BCUT2D eigenvalue weighted by Crippen LogP contribution is 2.25. The maximum absolute atomic E-state index is 9.02. The molecular weight excluding hydrogens is 142 g/mol. The van der Waals surface area contributed by atoms with Gasteiger partial charge in [0.15, 0.2) is 0 Å². The van der Waals surface area contributed by atoms with Crippen molar-refractivity contribution in [1.82, 2.24) is 4.90 Å². The lowest BCUT2D eigenvalue weighted by molar-refractivity contribution is -0.00622. The largest absolute Gasteiger partial charge is 0.396 e. The lowest BCUT2D eigenvalue weighted by Crippen LogP contribution is -2.44. The van der Waals surface area contributed by atoms with E-state index in [1.54, 1.807) is 0 Å². The van der Waals surface area contributed by atoms with Crippen molar-refractivity contribution in [3.05, 3.63) is 0 Å². The maximum Gasteiger partial charge on any atom is 0.0626 e. The molecule has 2 atom stereocenters. The SMILES string of the molecule is OCC1CCN2CCOC[C@H]12. The Hall–Kier alpha value is -0.120. The third kappa shape index (κ3) is 1.28. The third-order valence-corrected chi connectivity index (χ3v) is 2.85. The first-order chi connectivity index (χ1) is 5.42. The Labute approximate surface area is 66.9 Å². The predicted molar refractivity (Wildman–Crippen MR) is 41.4 cm³/mol. The molecule has 0 radical (unpaired) electrons. The van der Waals surface area contributed by atoms with Crippen LogP contribution in [0.2, 0.25) is 0 Å². The molecule has 0 aromatic carbocycles. The molecule has 0 amide bonds. The molecule has 11 heavy (non-hydrogen) atoms. The van der Waals surface area contributed by atoms with Crippen LogP contribution in [0.1, 0.15) is 6.42 Å². The standard InChI is InChI=1S/C8H15NO2/c10-5-7-1-2-9-3-4-11-6-8(7)9/h7-8,10H,1-6H2/t7?,8-/m1/s1. The Morgan fingerprint density at radius 3 is 3.18 bits per heavy atom. The Kier molecular flexibility index (Phi) is 2.11. The second-order valence-corrected chi connectivity index (χ2v) is 3.41.